The van der Waals surface area contributed by atoms with Crippen LogP contribution in [0.15, 0.2) is 54.0 Å². The number of benzene rings is 2. The summed E-state index contributed by atoms with van der Waals surface area (Å²) in [5.41, 5.74) is 2.62. The first-order valence-electron chi connectivity index (χ1n) is 10.8. The van der Waals surface area contributed by atoms with Crippen molar-refractivity contribution < 1.29 is 14.3 Å². The zero-order valence-corrected chi connectivity index (χ0v) is 20.8. The number of nitrogens with one attached hydrogen (secondary N) is 1. The largest absolute Gasteiger partial charge is 0.496 e. The number of ether oxygens (including phenoxy) is 2. The number of aliphatic imine (C=N–C) groups is 1. The molecule has 0 amide bonds. The van der Waals surface area contributed by atoms with E-state index in [1.165, 1.54) is 21.1 Å². The lowest BCUT2D eigenvalue weighted by Crippen LogP contribution is -2.14. The highest BCUT2D eigenvalue weighted by atomic mass is 35.5. The van der Waals surface area contributed by atoms with E-state index in [-0.39, 0.29) is 5.78 Å². The molecule has 0 radical (unpaired) electrons. The molecule has 1 N–H and O–H groups in total. The maximum atomic E-state index is 11.2. The van der Waals surface area contributed by atoms with E-state index in [4.69, 9.17) is 26.1 Å². The summed E-state index contributed by atoms with van der Waals surface area (Å²) in [5, 5.41) is 4.03. The molecule has 0 spiro atoms. The molecule has 5 nitrogen and oxygen atoms in total. The Labute approximate surface area is 197 Å². The number of carbonyl (C=O) groups excluding carboxylic acids is 1. The van der Waals surface area contributed by atoms with Crippen molar-refractivity contribution in [1.29, 1.82) is 0 Å². The first-order valence-corrected chi connectivity index (χ1v) is 11.1. The third-order valence-electron chi connectivity index (χ3n) is 4.85. The van der Waals surface area contributed by atoms with Crippen molar-refractivity contribution >= 4 is 28.9 Å². The molecular weight excluding hydrogens is 424 g/mol. The molecule has 0 bridgehead atoms. The first-order chi connectivity index (χ1) is 15.3. The summed E-state index contributed by atoms with van der Waals surface area (Å²) in [5.74, 6) is 1.85. The van der Waals surface area contributed by atoms with Gasteiger partial charge in [0, 0.05) is 10.7 Å². The minimum Gasteiger partial charge on any atom is -0.496 e. The number of amidine groups is 1. The number of Topliss-reactive ketones (excluding diaryl/α,β-unsaturated/α-hetero) is 1. The van der Waals surface area contributed by atoms with Crippen LogP contribution < -0.4 is 14.8 Å². The van der Waals surface area contributed by atoms with E-state index in [0.29, 0.717) is 23.1 Å². The van der Waals surface area contributed by atoms with Crippen LogP contribution in [0.3, 0.4) is 0 Å². The number of anilines is 1. The van der Waals surface area contributed by atoms with E-state index in [9.17, 15) is 4.79 Å². The summed E-state index contributed by atoms with van der Waals surface area (Å²) in [6.45, 7) is 11.7. The highest BCUT2D eigenvalue weighted by molar-refractivity contribution is 6.31. The van der Waals surface area contributed by atoms with Crippen molar-refractivity contribution in [2.75, 3.05) is 19.5 Å². The molecule has 1 atom stereocenters. The van der Waals surface area contributed by atoms with Crippen LogP contribution in [0.4, 0.5) is 5.69 Å². The first kappa shape index (κ1) is 27.2. The monoisotopic (exact) mass is 458 g/mol. The molecule has 32 heavy (non-hydrogen) atoms. The average molecular weight is 459 g/mol. The number of carbonyl (C=O) groups is 1. The fourth-order valence-electron chi connectivity index (χ4n) is 3.09. The molecule has 2 rings (SSSR count). The molecule has 2 aromatic rings. The van der Waals surface area contributed by atoms with Crippen molar-refractivity contribution in [2.24, 2.45) is 4.99 Å². The molecule has 0 heterocycles. The van der Waals surface area contributed by atoms with Gasteiger partial charge in [0.2, 0.25) is 0 Å². The summed E-state index contributed by atoms with van der Waals surface area (Å²) in [4.78, 5) is 16.0. The molecule has 0 aliphatic rings. The van der Waals surface area contributed by atoms with Crippen molar-refractivity contribution in [2.45, 2.75) is 53.0 Å². The minimum absolute atomic E-state index is 0.0608. The second kappa shape index (κ2) is 14.3. The van der Waals surface area contributed by atoms with E-state index in [2.05, 4.69) is 25.7 Å². The van der Waals surface area contributed by atoms with E-state index < -0.39 is 0 Å². The number of aryl methyl sites for hydroxylation is 1. The van der Waals surface area contributed by atoms with Gasteiger partial charge >= 0.3 is 0 Å². The number of ketones is 1. The Kier molecular flexibility index (Phi) is 12.2. The van der Waals surface area contributed by atoms with Crippen LogP contribution in [0, 0.1) is 6.92 Å². The number of methoxy groups -OCH3 is 2. The van der Waals surface area contributed by atoms with Gasteiger partial charge in [0.1, 0.15) is 22.9 Å². The summed E-state index contributed by atoms with van der Waals surface area (Å²) in [7, 11) is 3.06. The SMILES string of the molecule is C=CC(=NC(CC)CCC)Nc1cc(Cl)ccc1C.COc1cccc(OC)c1C(C)=O. The smallest absolute Gasteiger partial charge is 0.167 e. The van der Waals surface area contributed by atoms with Gasteiger partial charge in [-0.05, 0) is 62.6 Å². The molecule has 0 aliphatic carbocycles. The summed E-state index contributed by atoms with van der Waals surface area (Å²) >= 11 is 6.02. The van der Waals surface area contributed by atoms with Crippen LogP contribution in [0.1, 0.15) is 56.0 Å². The summed E-state index contributed by atoms with van der Waals surface area (Å²) < 4.78 is 10.1. The Morgan fingerprint density at radius 1 is 1.19 bits per heavy atom. The lowest BCUT2D eigenvalue weighted by Gasteiger charge is -2.14. The van der Waals surface area contributed by atoms with E-state index in [1.807, 2.05) is 25.1 Å². The third kappa shape index (κ3) is 8.39. The fraction of sp³-hybridized carbons (Fsp3) is 0.385. The molecule has 1 unspecified atom stereocenters. The lowest BCUT2D eigenvalue weighted by atomic mass is 10.1. The Hall–Kier alpha value is -2.79. The molecule has 174 valence electrons. The van der Waals surface area contributed by atoms with Crippen LogP contribution in [0.5, 0.6) is 11.5 Å². The predicted molar refractivity (Wildman–Crippen MR) is 136 cm³/mol. The predicted octanol–water partition coefficient (Wildman–Crippen LogP) is 7.13. The van der Waals surface area contributed by atoms with Gasteiger partial charge in [-0.15, -0.1) is 0 Å². The molecule has 0 aromatic heterocycles. The van der Waals surface area contributed by atoms with Crippen LogP contribution in [-0.2, 0) is 0 Å². The zero-order valence-electron chi connectivity index (χ0n) is 20.0. The Morgan fingerprint density at radius 2 is 1.81 bits per heavy atom. The highest BCUT2D eigenvalue weighted by Gasteiger charge is 2.13. The molecule has 0 aliphatic heterocycles. The van der Waals surface area contributed by atoms with E-state index in [0.717, 1.165) is 41.4 Å². The molecule has 6 heteroatoms. The maximum absolute atomic E-state index is 11.2. The van der Waals surface area contributed by atoms with E-state index >= 15 is 0 Å². The van der Waals surface area contributed by atoms with Gasteiger partial charge in [-0.25, -0.2) is 0 Å². The van der Waals surface area contributed by atoms with Gasteiger partial charge in [0.05, 0.1) is 20.3 Å². The quantitative estimate of drug-likeness (QED) is 0.246. The van der Waals surface area contributed by atoms with Crippen LogP contribution in [-0.4, -0.2) is 31.9 Å². The van der Waals surface area contributed by atoms with E-state index in [1.54, 1.807) is 24.3 Å². The van der Waals surface area contributed by atoms with Gasteiger partial charge in [-0.3, -0.25) is 9.79 Å². The Morgan fingerprint density at radius 3 is 2.28 bits per heavy atom. The van der Waals surface area contributed by atoms with Crippen LogP contribution in [0.25, 0.3) is 0 Å². The van der Waals surface area contributed by atoms with Gasteiger partial charge in [0.25, 0.3) is 0 Å². The normalized spacial score (nSPS) is 11.7. The lowest BCUT2D eigenvalue weighted by molar-refractivity contribution is 0.101. The Balaban J connectivity index is 0.000000343. The van der Waals surface area contributed by atoms with Gasteiger partial charge in [-0.1, -0.05) is 50.6 Å². The highest BCUT2D eigenvalue weighted by Crippen LogP contribution is 2.28. The number of hydrogen-bond donors (Lipinski definition) is 1. The topological polar surface area (TPSA) is 59.9 Å². The average Bonchev–Trinajstić information content (AvgIpc) is 2.79. The maximum Gasteiger partial charge on any atom is 0.167 e. The van der Waals surface area contributed by atoms with Crippen molar-refractivity contribution in [1.82, 2.24) is 0 Å². The van der Waals surface area contributed by atoms with Gasteiger partial charge < -0.3 is 14.8 Å². The summed E-state index contributed by atoms with van der Waals surface area (Å²) in [6.07, 6.45) is 5.05. The number of rotatable bonds is 9. The van der Waals surface area contributed by atoms with Crippen molar-refractivity contribution in [3.05, 3.63) is 65.2 Å². The second-order valence-electron chi connectivity index (χ2n) is 7.25. The number of hydrogen-bond acceptors (Lipinski definition) is 4. The van der Waals surface area contributed by atoms with Gasteiger partial charge in [0.15, 0.2) is 5.78 Å². The minimum atomic E-state index is -0.0608. The molecule has 0 saturated carbocycles. The fourth-order valence-corrected chi connectivity index (χ4v) is 3.26. The third-order valence-corrected chi connectivity index (χ3v) is 5.09. The standard InChI is InChI=1S/C16H23ClN2.C10H12O3/c1-5-8-14(6-2)18-16(7-3)19-15-11-13(17)10-9-12(15)4;1-7(11)10-8(12-2)5-4-6-9(10)13-3/h7,9-11,14H,3,5-6,8H2,1-2,4H3,(H,18,19);4-6H,1-3H3. The Bertz CT molecular complexity index is 903. The molecule has 0 saturated heterocycles. The molecule has 2 aromatic carbocycles. The number of nitrogens with zero attached hydrogens (tertiary/aromatic N) is 1. The van der Waals surface area contributed by atoms with Crippen LogP contribution in [0.2, 0.25) is 5.02 Å². The van der Waals surface area contributed by atoms with Crippen molar-refractivity contribution in [3.8, 4) is 11.5 Å². The van der Waals surface area contributed by atoms with Gasteiger partial charge in [-0.2, -0.15) is 0 Å². The second-order valence-corrected chi connectivity index (χ2v) is 7.68. The number of halogens is 1. The molecule has 0 fully saturated rings. The molecular formula is C26H35ClN2O3. The van der Waals surface area contributed by atoms with Crippen molar-refractivity contribution in [3.63, 3.8) is 0 Å². The zero-order chi connectivity index (χ0) is 24.1. The summed E-state index contributed by atoms with van der Waals surface area (Å²) in [6, 6.07) is 11.4. The van der Waals surface area contributed by atoms with Crippen LogP contribution >= 0.6 is 11.6 Å².